The van der Waals surface area contributed by atoms with Crippen molar-refractivity contribution in [3.63, 3.8) is 0 Å². The van der Waals surface area contributed by atoms with E-state index in [-0.39, 0.29) is 5.54 Å². The first-order valence-electron chi connectivity index (χ1n) is 7.12. The number of hydrogen-bond acceptors (Lipinski definition) is 3. The molecular formula is C14H26N2S2. The zero-order valence-corrected chi connectivity index (χ0v) is 13.6. The lowest BCUT2D eigenvalue weighted by atomic mass is 9.88. The van der Waals surface area contributed by atoms with E-state index >= 15 is 0 Å². The van der Waals surface area contributed by atoms with Crippen LogP contribution in [0.25, 0.3) is 0 Å². The standard InChI is InChI=1S/C14H26N2S2/c1-4-13(2)11-18-12(16-13)15-10-14(17-3)8-6-5-7-9-14/h4-11H2,1-3H3,(H,15,16). The molecule has 18 heavy (non-hydrogen) atoms. The number of amidine groups is 1. The molecule has 1 saturated heterocycles. The number of nitrogens with one attached hydrogen (secondary N) is 1. The maximum atomic E-state index is 4.88. The third-order valence-electron chi connectivity index (χ3n) is 4.43. The van der Waals surface area contributed by atoms with Crippen LogP contribution >= 0.6 is 23.5 Å². The molecule has 2 nitrogen and oxygen atoms in total. The molecule has 1 N–H and O–H groups in total. The van der Waals surface area contributed by atoms with Crippen molar-refractivity contribution >= 4 is 28.7 Å². The van der Waals surface area contributed by atoms with Gasteiger partial charge in [-0.25, -0.2) is 0 Å². The summed E-state index contributed by atoms with van der Waals surface area (Å²) in [6, 6.07) is 0. The zero-order valence-electron chi connectivity index (χ0n) is 11.9. The normalized spacial score (nSPS) is 33.6. The second-order valence-electron chi connectivity index (χ2n) is 5.90. The molecule has 1 unspecified atom stereocenters. The van der Waals surface area contributed by atoms with Crippen LogP contribution in [0.5, 0.6) is 0 Å². The Kier molecular flexibility index (Phi) is 4.92. The molecule has 2 aliphatic rings. The number of hydrogen-bond donors (Lipinski definition) is 1. The van der Waals surface area contributed by atoms with Crippen molar-refractivity contribution in [2.75, 3.05) is 18.6 Å². The van der Waals surface area contributed by atoms with Gasteiger partial charge in [-0.3, -0.25) is 4.99 Å². The summed E-state index contributed by atoms with van der Waals surface area (Å²) in [5, 5.41) is 4.78. The van der Waals surface area contributed by atoms with E-state index in [9.17, 15) is 0 Å². The van der Waals surface area contributed by atoms with Crippen molar-refractivity contribution < 1.29 is 0 Å². The summed E-state index contributed by atoms with van der Waals surface area (Å²) in [4.78, 5) is 4.88. The molecule has 0 amide bonds. The van der Waals surface area contributed by atoms with E-state index in [0.717, 1.165) is 12.3 Å². The van der Waals surface area contributed by atoms with Crippen molar-refractivity contribution in [3.8, 4) is 0 Å². The molecule has 104 valence electrons. The van der Waals surface area contributed by atoms with Crippen molar-refractivity contribution in [3.05, 3.63) is 0 Å². The smallest absolute Gasteiger partial charge is 0.157 e. The summed E-state index contributed by atoms with van der Waals surface area (Å²) in [5.41, 5.74) is 0.266. The first kappa shape index (κ1) is 14.6. The summed E-state index contributed by atoms with van der Waals surface area (Å²) in [6.07, 6.45) is 10.3. The monoisotopic (exact) mass is 286 g/mol. The van der Waals surface area contributed by atoms with E-state index in [4.69, 9.17) is 4.99 Å². The average molecular weight is 287 g/mol. The summed E-state index contributed by atoms with van der Waals surface area (Å²) < 4.78 is 0.429. The third kappa shape index (κ3) is 3.38. The van der Waals surface area contributed by atoms with Crippen molar-refractivity contribution in [2.24, 2.45) is 4.99 Å². The Labute approximate surface area is 120 Å². The highest BCUT2D eigenvalue weighted by molar-refractivity contribution is 8.14. The molecular weight excluding hydrogens is 260 g/mol. The molecule has 0 aromatic rings. The van der Waals surface area contributed by atoms with Crippen molar-refractivity contribution in [2.45, 2.75) is 62.7 Å². The van der Waals surface area contributed by atoms with Gasteiger partial charge in [0.2, 0.25) is 0 Å². The summed E-state index contributed by atoms with van der Waals surface area (Å²) in [7, 11) is 0. The van der Waals surface area contributed by atoms with Gasteiger partial charge in [0.15, 0.2) is 5.17 Å². The van der Waals surface area contributed by atoms with E-state index in [0.29, 0.717) is 4.75 Å². The van der Waals surface area contributed by atoms with Crippen LogP contribution in [0.1, 0.15) is 52.4 Å². The largest absolute Gasteiger partial charge is 0.359 e. The van der Waals surface area contributed by atoms with Gasteiger partial charge in [0.1, 0.15) is 0 Å². The van der Waals surface area contributed by atoms with Gasteiger partial charge in [-0.05, 0) is 32.4 Å². The maximum Gasteiger partial charge on any atom is 0.157 e. The summed E-state index contributed by atoms with van der Waals surface area (Å²) in [5.74, 6) is 1.16. The minimum absolute atomic E-state index is 0.266. The van der Waals surface area contributed by atoms with E-state index in [1.165, 1.54) is 43.7 Å². The number of rotatable bonds is 4. The lowest BCUT2D eigenvalue weighted by Gasteiger charge is -2.34. The number of nitrogens with zero attached hydrogens (tertiary/aromatic N) is 1. The highest BCUT2D eigenvalue weighted by Gasteiger charge is 2.33. The number of aliphatic imine (C=N–C) groups is 1. The Morgan fingerprint density at radius 2 is 2.06 bits per heavy atom. The summed E-state index contributed by atoms with van der Waals surface area (Å²) in [6.45, 7) is 5.55. The summed E-state index contributed by atoms with van der Waals surface area (Å²) >= 11 is 3.94. The maximum absolute atomic E-state index is 4.88. The fourth-order valence-corrected chi connectivity index (χ4v) is 4.77. The van der Waals surface area contributed by atoms with Crippen LogP contribution in [0.2, 0.25) is 0 Å². The van der Waals surface area contributed by atoms with Crippen LogP contribution < -0.4 is 5.32 Å². The Morgan fingerprint density at radius 1 is 1.33 bits per heavy atom. The molecule has 1 atom stereocenters. The average Bonchev–Trinajstić information content (AvgIpc) is 2.80. The van der Waals surface area contributed by atoms with Gasteiger partial charge in [-0.15, -0.1) is 0 Å². The van der Waals surface area contributed by atoms with Gasteiger partial charge in [0, 0.05) is 16.0 Å². The molecule has 2 fully saturated rings. The van der Waals surface area contributed by atoms with Gasteiger partial charge >= 0.3 is 0 Å². The molecule has 0 aromatic carbocycles. The van der Waals surface area contributed by atoms with Gasteiger partial charge < -0.3 is 5.32 Å². The Balaban J connectivity index is 1.93. The SMILES string of the molecule is CCC1(C)CSC(=NCC2(SC)CCCCC2)N1. The molecule has 1 aliphatic heterocycles. The topological polar surface area (TPSA) is 24.4 Å². The van der Waals surface area contributed by atoms with Crippen LogP contribution in [0.3, 0.4) is 0 Å². The second-order valence-corrected chi connectivity index (χ2v) is 8.14. The molecule has 1 heterocycles. The van der Waals surface area contributed by atoms with Gasteiger partial charge in [-0.1, -0.05) is 37.9 Å². The van der Waals surface area contributed by atoms with Crippen molar-refractivity contribution in [1.82, 2.24) is 5.32 Å². The highest BCUT2D eigenvalue weighted by Crippen LogP contribution is 2.39. The van der Waals surface area contributed by atoms with E-state index in [1.807, 2.05) is 23.5 Å². The first-order valence-corrected chi connectivity index (χ1v) is 9.33. The van der Waals surface area contributed by atoms with E-state index < -0.39 is 0 Å². The minimum Gasteiger partial charge on any atom is -0.359 e. The predicted octanol–water partition coefficient (Wildman–Crippen LogP) is 3.91. The fraction of sp³-hybridized carbons (Fsp3) is 0.929. The first-order chi connectivity index (χ1) is 8.61. The second kappa shape index (κ2) is 6.08. The Hall–Kier alpha value is 0.170. The minimum atomic E-state index is 0.266. The van der Waals surface area contributed by atoms with Crippen LogP contribution in [-0.4, -0.2) is 34.0 Å². The predicted molar refractivity (Wildman–Crippen MR) is 85.9 cm³/mol. The van der Waals surface area contributed by atoms with Crippen LogP contribution in [0.15, 0.2) is 4.99 Å². The quantitative estimate of drug-likeness (QED) is 0.848. The van der Waals surface area contributed by atoms with Crippen LogP contribution in [0.4, 0.5) is 0 Å². The molecule has 0 spiro atoms. The lowest BCUT2D eigenvalue weighted by Crippen LogP contribution is -2.40. The third-order valence-corrected chi connectivity index (χ3v) is 7.11. The Morgan fingerprint density at radius 3 is 2.61 bits per heavy atom. The van der Waals surface area contributed by atoms with Crippen LogP contribution in [-0.2, 0) is 0 Å². The molecule has 0 aromatic heterocycles. The molecule has 0 radical (unpaired) electrons. The highest BCUT2D eigenvalue weighted by atomic mass is 32.2. The molecule has 1 saturated carbocycles. The van der Waals surface area contributed by atoms with Crippen LogP contribution in [0, 0.1) is 0 Å². The number of thioether (sulfide) groups is 2. The zero-order chi connectivity index (χ0) is 13.1. The van der Waals surface area contributed by atoms with Gasteiger partial charge in [-0.2, -0.15) is 11.8 Å². The van der Waals surface area contributed by atoms with E-state index in [2.05, 4.69) is 25.4 Å². The molecule has 0 bridgehead atoms. The Bertz CT molecular complexity index is 311. The van der Waals surface area contributed by atoms with E-state index in [1.54, 1.807) is 0 Å². The van der Waals surface area contributed by atoms with Gasteiger partial charge in [0.25, 0.3) is 0 Å². The van der Waals surface area contributed by atoms with Crippen molar-refractivity contribution in [1.29, 1.82) is 0 Å². The van der Waals surface area contributed by atoms with Gasteiger partial charge in [0.05, 0.1) is 6.54 Å². The molecule has 2 rings (SSSR count). The lowest BCUT2D eigenvalue weighted by molar-refractivity contribution is 0.404. The molecule has 4 heteroatoms. The fourth-order valence-electron chi connectivity index (χ4n) is 2.67. The molecule has 1 aliphatic carbocycles.